The summed E-state index contributed by atoms with van der Waals surface area (Å²) in [6, 6.07) is 7.46. The first-order chi connectivity index (χ1) is 5.20. The quantitative estimate of drug-likeness (QED) is 0.505. The minimum absolute atomic E-state index is 0.347. The van der Waals surface area contributed by atoms with Crippen molar-refractivity contribution in [1.82, 2.24) is 0 Å². The highest BCUT2D eigenvalue weighted by molar-refractivity contribution is 7.96. The van der Waals surface area contributed by atoms with E-state index in [9.17, 15) is 4.79 Å². The second-order valence-electron chi connectivity index (χ2n) is 2.02. The van der Waals surface area contributed by atoms with Gasteiger partial charge in [-0.2, -0.15) is 0 Å². The zero-order valence-electron chi connectivity index (χ0n) is 5.74. The molecule has 0 aliphatic heterocycles. The normalized spacial score (nSPS) is 9.27. The van der Waals surface area contributed by atoms with Gasteiger partial charge in [0.15, 0.2) is 0 Å². The number of benzene rings is 1. The van der Waals surface area contributed by atoms with E-state index in [0.29, 0.717) is 0 Å². The predicted molar refractivity (Wildman–Crippen MR) is 53.8 cm³/mol. The van der Waals surface area contributed by atoms with Crippen molar-refractivity contribution in [2.75, 3.05) is 5.32 Å². The van der Waals surface area contributed by atoms with E-state index >= 15 is 0 Å². The van der Waals surface area contributed by atoms with Crippen molar-refractivity contribution < 1.29 is 4.79 Å². The lowest BCUT2D eigenvalue weighted by Crippen LogP contribution is -2.07. The van der Waals surface area contributed by atoms with Gasteiger partial charge in [-0.05, 0) is 11.4 Å². The van der Waals surface area contributed by atoms with Crippen molar-refractivity contribution in [3.05, 3.63) is 24.3 Å². The average Bonchev–Trinajstić information content (AvgIpc) is 1.93. The van der Waals surface area contributed by atoms with Crippen LogP contribution in [-0.4, -0.2) is 5.24 Å². The van der Waals surface area contributed by atoms with Gasteiger partial charge in [-0.1, -0.05) is 30.8 Å². The molecule has 0 bridgehead atoms. The molecule has 0 aliphatic rings. The number of carbonyl (C=O) groups excluding carboxylic acids is 1. The lowest BCUT2D eigenvalue weighted by atomic mass is 10.3. The summed E-state index contributed by atoms with van der Waals surface area (Å²) < 4.78 is 0. The Kier molecular flexibility index (Phi) is 2.92. The third-order valence-electron chi connectivity index (χ3n) is 1.20. The van der Waals surface area contributed by atoms with Crippen LogP contribution < -0.4 is 10.6 Å². The molecule has 0 saturated heterocycles. The molecule has 0 aliphatic carbocycles. The van der Waals surface area contributed by atoms with Crippen LogP contribution in [0.1, 0.15) is 0 Å². The summed E-state index contributed by atoms with van der Waals surface area (Å²) >= 11 is 3.60. The van der Waals surface area contributed by atoms with Crippen LogP contribution in [0.2, 0.25) is 0 Å². The average molecular weight is 185 g/mol. The highest BCUT2D eigenvalue weighted by Crippen LogP contribution is 2.06. The van der Waals surface area contributed by atoms with E-state index in [0.717, 1.165) is 11.0 Å². The molecule has 1 N–H and O–H groups in total. The summed E-state index contributed by atoms with van der Waals surface area (Å²) in [6.45, 7) is 0. The molecule has 0 radical (unpaired) electrons. The van der Waals surface area contributed by atoms with Crippen LogP contribution in [0.15, 0.2) is 24.3 Å². The molecule has 1 rings (SSSR count). The Hall–Kier alpha value is -0.530. The van der Waals surface area contributed by atoms with Gasteiger partial charge in [0.25, 0.3) is 5.24 Å². The van der Waals surface area contributed by atoms with Crippen LogP contribution in [0.3, 0.4) is 0 Å². The zero-order chi connectivity index (χ0) is 8.27. The van der Waals surface area contributed by atoms with Crippen molar-refractivity contribution in [2.45, 2.75) is 0 Å². The molecule has 0 fully saturated rings. The van der Waals surface area contributed by atoms with Gasteiger partial charge in [0.2, 0.25) is 0 Å². The van der Waals surface area contributed by atoms with Crippen molar-refractivity contribution >= 4 is 38.1 Å². The molecule has 1 aromatic rings. The van der Waals surface area contributed by atoms with Crippen molar-refractivity contribution in [2.24, 2.45) is 0 Å². The molecule has 4 heteroatoms. The highest BCUT2D eigenvalue weighted by atomic mass is 32.1. The highest BCUT2D eigenvalue weighted by Gasteiger charge is 1.97. The number of hydrogen-bond donors (Lipinski definition) is 2. The van der Waals surface area contributed by atoms with Crippen molar-refractivity contribution in [3.63, 3.8) is 0 Å². The largest absolute Gasteiger partial charge is 0.317 e. The molecule has 0 spiro atoms. The number of anilines is 1. The van der Waals surface area contributed by atoms with Crippen molar-refractivity contribution in [1.29, 1.82) is 0 Å². The lowest BCUT2D eigenvalue weighted by Gasteiger charge is -2.03. The maximum Gasteiger partial charge on any atom is 0.280 e. The molecule has 11 heavy (non-hydrogen) atoms. The Morgan fingerprint density at radius 2 is 2.09 bits per heavy atom. The Morgan fingerprint density at radius 3 is 2.64 bits per heavy atom. The fraction of sp³-hybridized carbons (Fsp3) is 0. The summed E-state index contributed by atoms with van der Waals surface area (Å²) in [4.78, 5) is 10.5. The lowest BCUT2D eigenvalue weighted by molar-refractivity contribution is 0.270. The number of amides is 1. The van der Waals surface area contributed by atoms with Crippen LogP contribution >= 0.6 is 21.9 Å². The van der Waals surface area contributed by atoms with Gasteiger partial charge in [0.1, 0.15) is 0 Å². The molecule has 1 atom stereocenters. The minimum Gasteiger partial charge on any atom is -0.317 e. The van der Waals surface area contributed by atoms with Gasteiger partial charge in [-0.25, -0.2) is 0 Å². The molecule has 1 aromatic carbocycles. The van der Waals surface area contributed by atoms with Crippen LogP contribution in [0.5, 0.6) is 0 Å². The number of para-hydroxylation sites is 1. The van der Waals surface area contributed by atoms with Crippen molar-refractivity contribution in [3.8, 4) is 0 Å². The van der Waals surface area contributed by atoms with Gasteiger partial charge < -0.3 is 5.32 Å². The summed E-state index contributed by atoms with van der Waals surface area (Å²) in [5.41, 5.74) is 0.775. The summed E-state index contributed by atoms with van der Waals surface area (Å²) in [7, 11) is 2.53. The van der Waals surface area contributed by atoms with E-state index in [4.69, 9.17) is 0 Å². The SMILES string of the molecule is O=C(S)Nc1ccccc1P. The predicted octanol–water partition coefficient (Wildman–Crippen LogP) is 1.65. The molecule has 0 heterocycles. The fourth-order valence-electron chi connectivity index (χ4n) is 0.726. The smallest absolute Gasteiger partial charge is 0.280 e. The Bertz CT molecular complexity index is 277. The summed E-state index contributed by atoms with van der Waals surface area (Å²) in [6.07, 6.45) is 0. The molecule has 0 aromatic heterocycles. The minimum atomic E-state index is -0.347. The molecule has 2 nitrogen and oxygen atoms in total. The van der Waals surface area contributed by atoms with E-state index in [2.05, 4.69) is 27.2 Å². The van der Waals surface area contributed by atoms with Gasteiger partial charge in [-0.3, -0.25) is 4.79 Å². The molecule has 1 unspecified atom stereocenters. The van der Waals surface area contributed by atoms with Gasteiger partial charge in [0.05, 0.1) is 0 Å². The molecular formula is C7H8NOPS. The maximum atomic E-state index is 10.5. The number of thiol groups is 1. The molecule has 58 valence electrons. The second kappa shape index (κ2) is 3.74. The standard InChI is InChI=1S/C7H8NOPS/c9-7(11)8-5-3-1-2-4-6(5)10/h1-4H,10H2,(H2,8,9,11). The molecular weight excluding hydrogens is 177 g/mol. The first-order valence-corrected chi connectivity index (χ1v) is 4.07. The van der Waals surface area contributed by atoms with Gasteiger partial charge in [0, 0.05) is 5.69 Å². The van der Waals surface area contributed by atoms with Crippen LogP contribution in [0, 0.1) is 0 Å². The molecule has 0 saturated carbocycles. The van der Waals surface area contributed by atoms with E-state index in [1.54, 1.807) is 0 Å². The summed E-state index contributed by atoms with van der Waals surface area (Å²) in [5.74, 6) is 0. The van der Waals surface area contributed by atoms with E-state index in [-0.39, 0.29) is 5.24 Å². The summed E-state index contributed by atoms with van der Waals surface area (Å²) in [5, 5.41) is 3.18. The van der Waals surface area contributed by atoms with E-state index in [1.807, 2.05) is 24.3 Å². The third kappa shape index (κ3) is 2.52. The number of nitrogens with one attached hydrogen (secondary N) is 1. The van der Waals surface area contributed by atoms with Gasteiger partial charge in [-0.15, -0.1) is 9.24 Å². The monoisotopic (exact) mass is 185 g/mol. The van der Waals surface area contributed by atoms with E-state index in [1.165, 1.54) is 0 Å². The van der Waals surface area contributed by atoms with Crippen LogP contribution in [0.4, 0.5) is 10.5 Å². The number of rotatable bonds is 1. The Morgan fingerprint density at radius 1 is 1.45 bits per heavy atom. The van der Waals surface area contributed by atoms with E-state index < -0.39 is 0 Å². The van der Waals surface area contributed by atoms with Crippen LogP contribution in [0.25, 0.3) is 0 Å². The zero-order valence-corrected chi connectivity index (χ0v) is 7.79. The van der Waals surface area contributed by atoms with Crippen LogP contribution in [-0.2, 0) is 0 Å². The maximum absolute atomic E-state index is 10.5. The fourth-order valence-corrected chi connectivity index (χ4v) is 1.13. The number of carbonyl (C=O) groups is 1. The number of hydrogen-bond acceptors (Lipinski definition) is 1. The topological polar surface area (TPSA) is 29.1 Å². The molecule has 1 amide bonds. The Balaban J connectivity index is 2.86. The third-order valence-corrected chi connectivity index (χ3v) is 1.82. The second-order valence-corrected chi connectivity index (χ2v) is 3.05. The first-order valence-electron chi connectivity index (χ1n) is 3.04. The first kappa shape index (κ1) is 8.57. The Labute approximate surface area is 73.0 Å². The van der Waals surface area contributed by atoms with Gasteiger partial charge >= 0.3 is 0 Å².